The first-order chi connectivity index (χ1) is 9.59. The molecule has 0 spiro atoms. The van der Waals surface area contributed by atoms with Crippen LogP contribution in [0.2, 0.25) is 0 Å². The third-order valence-electron chi connectivity index (χ3n) is 3.92. The van der Waals surface area contributed by atoms with Gasteiger partial charge in [-0.15, -0.1) is 0 Å². The van der Waals surface area contributed by atoms with E-state index in [2.05, 4.69) is 21.8 Å². The van der Waals surface area contributed by atoms with Crippen molar-refractivity contribution >= 4 is 20.9 Å². The number of rotatable bonds is 5. The van der Waals surface area contributed by atoms with Crippen LogP contribution < -0.4 is 4.72 Å². The van der Waals surface area contributed by atoms with Crippen molar-refractivity contribution in [1.29, 1.82) is 0 Å². The Kier molecular flexibility index (Phi) is 3.56. The summed E-state index contributed by atoms with van der Waals surface area (Å²) in [6.07, 6.45) is 3.16. The molecule has 1 aromatic carbocycles. The van der Waals surface area contributed by atoms with E-state index in [1.54, 1.807) is 0 Å². The van der Waals surface area contributed by atoms with Gasteiger partial charge in [-0.3, -0.25) is 0 Å². The molecule has 2 aromatic rings. The molecule has 0 amide bonds. The Hall–Kier alpha value is -1.33. The number of benzene rings is 1. The zero-order valence-electron chi connectivity index (χ0n) is 11.6. The lowest BCUT2D eigenvalue weighted by Gasteiger charge is -2.12. The zero-order valence-corrected chi connectivity index (χ0v) is 12.5. The molecule has 108 valence electrons. The molecule has 0 fully saturated rings. The van der Waals surface area contributed by atoms with Crippen LogP contribution in [0.15, 0.2) is 24.3 Å². The second-order valence-corrected chi connectivity index (χ2v) is 7.40. The molecule has 0 saturated heterocycles. The van der Waals surface area contributed by atoms with Gasteiger partial charge in [0.05, 0.1) is 5.75 Å². The van der Waals surface area contributed by atoms with Gasteiger partial charge in [-0.2, -0.15) is 0 Å². The number of fused-ring (bicyclic) bond motifs is 3. The SMILES string of the molecule is CCCCS(=O)(=O)NC1Cc2[nH]c3ccccc3c2C1. The lowest BCUT2D eigenvalue weighted by atomic mass is 10.1. The summed E-state index contributed by atoms with van der Waals surface area (Å²) in [6.45, 7) is 2.00. The monoisotopic (exact) mass is 292 g/mol. The summed E-state index contributed by atoms with van der Waals surface area (Å²) in [4.78, 5) is 3.40. The number of hydrogen-bond donors (Lipinski definition) is 2. The number of aromatic nitrogens is 1. The Morgan fingerprint density at radius 1 is 1.30 bits per heavy atom. The molecular formula is C15H20N2O2S. The summed E-state index contributed by atoms with van der Waals surface area (Å²) in [5.74, 6) is 0.231. The third-order valence-corrected chi connectivity index (χ3v) is 5.43. The van der Waals surface area contributed by atoms with Gasteiger partial charge < -0.3 is 4.98 Å². The highest BCUT2D eigenvalue weighted by Crippen LogP contribution is 2.30. The topological polar surface area (TPSA) is 62.0 Å². The van der Waals surface area contributed by atoms with E-state index in [9.17, 15) is 8.42 Å². The highest BCUT2D eigenvalue weighted by molar-refractivity contribution is 7.89. The van der Waals surface area contributed by atoms with Gasteiger partial charge in [0.15, 0.2) is 0 Å². The van der Waals surface area contributed by atoms with Crippen LogP contribution in [-0.2, 0) is 22.9 Å². The molecule has 0 saturated carbocycles. The Bertz CT molecular complexity index is 719. The van der Waals surface area contributed by atoms with Gasteiger partial charge in [0.25, 0.3) is 0 Å². The minimum atomic E-state index is -3.14. The van der Waals surface area contributed by atoms with E-state index in [-0.39, 0.29) is 11.8 Å². The van der Waals surface area contributed by atoms with Gasteiger partial charge in [0.1, 0.15) is 0 Å². The molecule has 1 atom stereocenters. The third kappa shape index (κ3) is 2.60. The molecule has 20 heavy (non-hydrogen) atoms. The van der Waals surface area contributed by atoms with Crippen molar-refractivity contribution in [3.63, 3.8) is 0 Å². The van der Waals surface area contributed by atoms with Gasteiger partial charge in [0.2, 0.25) is 10.0 Å². The molecule has 1 aromatic heterocycles. The lowest BCUT2D eigenvalue weighted by Crippen LogP contribution is -2.37. The number of hydrogen-bond acceptors (Lipinski definition) is 2. The van der Waals surface area contributed by atoms with Gasteiger partial charge in [0, 0.05) is 29.1 Å². The first-order valence-electron chi connectivity index (χ1n) is 7.17. The van der Waals surface area contributed by atoms with E-state index in [0.29, 0.717) is 0 Å². The molecule has 1 heterocycles. The minimum absolute atomic E-state index is 0.00251. The molecular weight excluding hydrogens is 272 g/mol. The van der Waals surface area contributed by atoms with Crippen LogP contribution >= 0.6 is 0 Å². The fourth-order valence-corrected chi connectivity index (χ4v) is 4.42. The van der Waals surface area contributed by atoms with Crippen LogP contribution in [0.4, 0.5) is 0 Å². The summed E-state index contributed by atoms with van der Waals surface area (Å²) in [6, 6.07) is 8.20. The molecule has 5 heteroatoms. The highest BCUT2D eigenvalue weighted by atomic mass is 32.2. The average Bonchev–Trinajstić information content (AvgIpc) is 2.92. The average molecular weight is 292 g/mol. The Morgan fingerprint density at radius 3 is 2.90 bits per heavy atom. The Morgan fingerprint density at radius 2 is 2.10 bits per heavy atom. The molecule has 4 nitrogen and oxygen atoms in total. The minimum Gasteiger partial charge on any atom is -0.358 e. The van der Waals surface area contributed by atoms with Crippen molar-refractivity contribution in [1.82, 2.24) is 9.71 Å². The van der Waals surface area contributed by atoms with E-state index in [1.807, 2.05) is 19.1 Å². The van der Waals surface area contributed by atoms with E-state index >= 15 is 0 Å². The molecule has 0 radical (unpaired) electrons. The number of nitrogens with one attached hydrogen (secondary N) is 2. The van der Waals surface area contributed by atoms with Crippen molar-refractivity contribution in [2.75, 3.05) is 5.75 Å². The maximum absolute atomic E-state index is 12.0. The van der Waals surface area contributed by atoms with Gasteiger partial charge in [-0.05, 0) is 24.5 Å². The molecule has 2 N–H and O–H groups in total. The predicted octanol–water partition coefficient (Wildman–Crippen LogP) is 2.35. The molecule has 1 unspecified atom stereocenters. The summed E-state index contributed by atoms with van der Waals surface area (Å²) >= 11 is 0. The molecule has 0 aliphatic heterocycles. The number of sulfonamides is 1. The van der Waals surface area contributed by atoms with Gasteiger partial charge in [-0.1, -0.05) is 31.5 Å². The normalized spacial score (nSPS) is 18.6. The van der Waals surface area contributed by atoms with E-state index in [1.165, 1.54) is 16.6 Å². The summed E-state index contributed by atoms with van der Waals surface area (Å²) in [5, 5.41) is 1.22. The molecule has 1 aliphatic carbocycles. The number of H-pyrrole nitrogens is 1. The summed E-state index contributed by atoms with van der Waals surface area (Å²) in [5.41, 5.74) is 3.59. The van der Waals surface area contributed by atoms with Crippen LogP contribution in [0.5, 0.6) is 0 Å². The fraction of sp³-hybridized carbons (Fsp3) is 0.467. The van der Waals surface area contributed by atoms with E-state index in [4.69, 9.17) is 0 Å². The number of aromatic amines is 1. The van der Waals surface area contributed by atoms with E-state index in [0.717, 1.165) is 31.2 Å². The van der Waals surface area contributed by atoms with Crippen LogP contribution in [-0.4, -0.2) is 25.2 Å². The Balaban J connectivity index is 1.74. The van der Waals surface area contributed by atoms with Crippen LogP contribution in [0.3, 0.4) is 0 Å². The first-order valence-corrected chi connectivity index (χ1v) is 8.83. The summed E-state index contributed by atoms with van der Waals surface area (Å²) < 4.78 is 26.8. The highest BCUT2D eigenvalue weighted by Gasteiger charge is 2.28. The van der Waals surface area contributed by atoms with Crippen molar-refractivity contribution in [2.45, 2.75) is 38.6 Å². The Labute approximate surface area is 119 Å². The maximum atomic E-state index is 12.0. The van der Waals surface area contributed by atoms with Crippen molar-refractivity contribution in [3.8, 4) is 0 Å². The second-order valence-electron chi connectivity index (χ2n) is 5.52. The number of para-hydroxylation sites is 1. The van der Waals surface area contributed by atoms with Crippen LogP contribution in [0.25, 0.3) is 10.9 Å². The molecule has 3 rings (SSSR count). The molecule has 0 bridgehead atoms. The smallest absolute Gasteiger partial charge is 0.211 e. The second kappa shape index (κ2) is 5.22. The van der Waals surface area contributed by atoms with Crippen molar-refractivity contribution < 1.29 is 8.42 Å². The van der Waals surface area contributed by atoms with Crippen LogP contribution in [0, 0.1) is 0 Å². The zero-order chi connectivity index (χ0) is 14.2. The van der Waals surface area contributed by atoms with Gasteiger partial charge >= 0.3 is 0 Å². The van der Waals surface area contributed by atoms with Crippen LogP contribution in [0.1, 0.15) is 31.0 Å². The quantitative estimate of drug-likeness (QED) is 0.888. The summed E-state index contributed by atoms with van der Waals surface area (Å²) in [7, 11) is -3.14. The number of unbranched alkanes of at least 4 members (excludes halogenated alkanes) is 1. The van der Waals surface area contributed by atoms with E-state index < -0.39 is 10.0 Å². The van der Waals surface area contributed by atoms with Gasteiger partial charge in [-0.25, -0.2) is 13.1 Å². The largest absolute Gasteiger partial charge is 0.358 e. The maximum Gasteiger partial charge on any atom is 0.211 e. The standard InChI is InChI=1S/C15H20N2O2S/c1-2-3-8-20(18,19)17-11-9-13-12-6-4-5-7-14(12)16-15(13)10-11/h4-7,11,16-17H,2-3,8-10H2,1H3. The van der Waals surface area contributed by atoms with Crippen molar-refractivity contribution in [3.05, 3.63) is 35.5 Å². The van der Waals surface area contributed by atoms with Crippen molar-refractivity contribution in [2.24, 2.45) is 0 Å². The fourth-order valence-electron chi connectivity index (χ4n) is 2.96. The lowest BCUT2D eigenvalue weighted by molar-refractivity contribution is 0.552. The first kappa shape index (κ1) is 13.6. The molecule has 1 aliphatic rings. The predicted molar refractivity (Wildman–Crippen MR) is 81.3 cm³/mol.